The van der Waals surface area contributed by atoms with Crippen LogP contribution in [0.1, 0.15) is 40.7 Å². The molecule has 0 aromatic heterocycles. The van der Waals surface area contributed by atoms with Crippen molar-refractivity contribution in [3.05, 3.63) is 101 Å². The van der Waals surface area contributed by atoms with Crippen molar-refractivity contribution >= 4 is 34.8 Å². The topological polar surface area (TPSA) is 70.6 Å². The highest BCUT2D eigenvalue weighted by molar-refractivity contribution is 6.30. The van der Waals surface area contributed by atoms with E-state index in [1.807, 2.05) is 37.3 Å². The Kier molecular flexibility index (Phi) is 6.14. The van der Waals surface area contributed by atoms with Gasteiger partial charge in [-0.05, 0) is 66.8 Å². The van der Waals surface area contributed by atoms with Crippen molar-refractivity contribution in [3.63, 3.8) is 0 Å². The van der Waals surface area contributed by atoms with Crippen LogP contribution in [0.25, 0.3) is 0 Å². The van der Waals surface area contributed by atoms with Gasteiger partial charge in [0.25, 0.3) is 5.91 Å². The Morgan fingerprint density at radius 3 is 2.23 bits per heavy atom. The molecule has 6 heteroatoms. The molecule has 5 nitrogen and oxygen atoms in total. The molecule has 156 valence electrons. The van der Waals surface area contributed by atoms with Gasteiger partial charge in [-0.15, -0.1) is 0 Å². The van der Waals surface area contributed by atoms with Crippen molar-refractivity contribution in [3.8, 4) is 0 Å². The summed E-state index contributed by atoms with van der Waals surface area (Å²) in [5.41, 5.74) is 6.64. The molecule has 0 spiro atoms. The van der Waals surface area contributed by atoms with Crippen LogP contribution in [0.2, 0.25) is 5.02 Å². The van der Waals surface area contributed by atoms with Gasteiger partial charge in [0.05, 0.1) is 5.71 Å². The smallest absolute Gasteiger partial charge is 0.255 e. The highest BCUT2D eigenvalue weighted by atomic mass is 35.5. The minimum atomic E-state index is -0.209. The standard InChI is InChI=1S/C25H22ClN3O2/c1-16(28-29-25(31)23-15-22(23)18-5-3-2-4-6-18)17-9-13-21(14-10-17)27-24(30)19-7-11-20(26)12-8-19/h2-14,22-23H,15H2,1H3,(H,27,30)(H,29,31)/b28-16+/t22-,23+/m1/s1. The third-order valence-corrected chi connectivity index (χ3v) is 5.61. The molecule has 4 rings (SSSR count). The summed E-state index contributed by atoms with van der Waals surface area (Å²) in [7, 11) is 0. The van der Waals surface area contributed by atoms with Crippen molar-refractivity contribution in [1.82, 2.24) is 5.43 Å². The molecule has 0 unspecified atom stereocenters. The van der Waals surface area contributed by atoms with E-state index < -0.39 is 0 Å². The lowest BCUT2D eigenvalue weighted by atomic mass is 10.1. The molecule has 1 fully saturated rings. The number of hydrogen-bond donors (Lipinski definition) is 2. The molecule has 1 aliphatic carbocycles. The van der Waals surface area contributed by atoms with Gasteiger partial charge in [-0.2, -0.15) is 5.10 Å². The first-order valence-electron chi connectivity index (χ1n) is 10.1. The summed E-state index contributed by atoms with van der Waals surface area (Å²) in [6, 6.07) is 24.1. The Morgan fingerprint density at radius 1 is 0.903 bits per heavy atom. The quantitative estimate of drug-likeness (QED) is 0.414. The number of carbonyl (C=O) groups excluding carboxylic acids is 2. The predicted molar refractivity (Wildman–Crippen MR) is 123 cm³/mol. The number of anilines is 1. The van der Waals surface area contributed by atoms with E-state index in [0.717, 1.165) is 12.0 Å². The number of nitrogens with zero attached hydrogens (tertiary/aromatic N) is 1. The van der Waals surface area contributed by atoms with Gasteiger partial charge in [-0.3, -0.25) is 9.59 Å². The number of nitrogens with one attached hydrogen (secondary N) is 2. The number of hydrogen-bond acceptors (Lipinski definition) is 3. The van der Waals surface area contributed by atoms with E-state index in [1.165, 1.54) is 5.56 Å². The molecule has 0 heterocycles. The molecule has 1 aliphatic rings. The molecule has 1 saturated carbocycles. The van der Waals surface area contributed by atoms with Gasteiger partial charge in [-0.1, -0.05) is 54.1 Å². The molecule has 2 N–H and O–H groups in total. The molecule has 2 amide bonds. The van der Waals surface area contributed by atoms with Crippen LogP contribution < -0.4 is 10.7 Å². The zero-order valence-corrected chi connectivity index (χ0v) is 17.8. The highest BCUT2D eigenvalue weighted by Gasteiger charge is 2.43. The van der Waals surface area contributed by atoms with Gasteiger partial charge in [-0.25, -0.2) is 5.43 Å². The van der Waals surface area contributed by atoms with Crippen LogP contribution in [0.3, 0.4) is 0 Å². The Labute approximate surface area is 186 Å². The minimum absolute atomic E-state index is 0.0237. The SMILES string of the molecule is C/C(=N\NC(=O)[C@H]1C[C@@H]1c1ccccc1)c1ccc(NC(=O)c2ccc(Cl)cc2)cc1. The first-order chi connectivity index (χ1) is 15.0. The molecule has 2 atom stereocenters. The zero-order valence-electron chi connectivity index (χ0n) is 17.0. The molecule has 0 aliphatic heterocycles. The number of rotatable bonds is 6. The molecule has 0 saturated heterocycles. The van der Waals surface area contributed by atoms with Crippen molar-refractivity contribution < 1.29 is 9.59 Å². The summed E-state index contributed by atoms with van der Waals surface area (Å²) in [5, 5.41) is 7.68. The fourth-order valence-electron chi connectivity index (χ4n) is 3.44. The lowest BCUT2D eigenvalue weighted by Gasteiger charge is -2.07. The van der Waals surface area contributed by atoms with Crippen LogP contribution in [0.5, 0.6) is 0 Å². The minimum Gasteiger partial charge on any atom is -0.322 e. The second-order valence-corrected chi connectivity index (χ2v) is 8.01. The molecule has 0 bridgehead atoms. The Bertz CT molecular complexity index is 1110. The van der Waals surface area contributed by atoms with Crippen LogP contribution in [0.15, 0.2) is 84.0 Å². The van der Waals surface area contributed by atoms with Crippen molar-refractivity contribution in [2.75, 3.05) is 5.32 Å². The van der Waals surface area contributed by atoms with E-state index in [4.69, 9.17) is 11.6 Å². The molecule has 0 radical (unpaired) electrons. The second kappa shape index (κ2) is 9.14. The number of carbonyl (C=O) groups is 2. The molecule has 31 heavy (non-hydrogen) atoms. The third-order valence-electron chi connectivity index (χ3n) is 5.36. The number of hydrazone groups is 1. The van der Waals surface area contributed by atoms with Crippen LogP contribution >= 0.6 is 11.6 Å². The summed E-state index contributed by atoms with van der Waals surface area (Å²) >= 11 is 5.86. The number of benzene rings is 3. The van der Waals surface area contributed by atoms with Crippen LogP contribution in [0, 0.1) is 5.92 Å². The maximum Gasteiger partial charge on any atom is 0.255 e. The van der Waals surface area contributed by atoms with Crippen molar-refractivity contribution in [1.29, 1.82) is 0 Å². The average Bonchev–Trinajstić information content (AvgIpc) is 3.60. The number of amides is 2. The Morgan fingerprint density at radius 2 is 1.55 bits per heavy atom. The normalized spacial score (nSPS) is 17.7. The van der Waals surface area contributed by atoms with Gasteiger partial charge < -0.3 is 5.32 Å². The van der Waals surface area contributed by atoms with Gasteiger partial charge in [0.1, 0.15) is 0 Å². The first kappa shape index (κ1) is 20.8. The van der Waals surface area contributed by atoms with Gasteiger partial charge in [0.2, 0.25) is 5.91 Å². The number of halogens is 1. The summed E-state index contributed by atoms with van der Waals surface area (Å²) in [5.74, 6) is -0.0100. The van der Waals surface area contributed by atoms with E-state index in [1.54, 1.807) is 36.4 Å². The van der Waals surface area contributed by atoms with E-state index in [9.17, 15) is 9.59 Å². The lowest BCUT2D eigenvalue weighted by molar-refractivity contribution is -0.122. The fraction of sp³-hybridized carbons (Fsp3) is 0.160. The Hall–Kier alpha value is -3.44. The average molecular weight is 432 g/mol. The maximum absolute atomic E-state index is 12.4. The van der Waals surface area contributed by atoms with Gasteiger partial charge in [0, 0.05) is 22.2 Å². The maximum atomic E-state index is 12.4. The summed E-state index contributed by atoms with van der Waals surface area (Å²) in [6.07, 6.45) is 0.854. The molecular formula is C25H22ClN3O2. The second-order valence-electron chi connectivity index (χ2n) is 7.57. The summed E-state index contributed by atoms with van der Waals surface area (Å²) in [4.78, 5) is 24.7. The fourth-order valence-corrected chi connectivity index (χ4v) is 3.57. The van der Waals surface area contributed by atoms with E-state index in [-0.39, 0.29) is 23.7 Å². The summed E-state index contributed by atoms with van der Waals surface area (Å²) in [6.45, 7) is 1.84. The molecule has 3 aromatic rings. The predicted octanol–water partition coefficient (Wildman–Crippen LogP) is 5.24. The Balaban J connectivity index is 1.32. The van der Waals surface area contributed by atoms with Gasteiger partial charge >= 0.3 is 0 Å². The molecular weight excluding hydrogens is 410 g/mol. The van der Waals surface area contributed by atoms with Crippen molar-refractivity contribution in [2.24, 2.45) is 11.0 Å². The van der Waals surface area contributed by atoms with Crippen LogP contribution in [0.4, 0.5) is 5.69 Å². The largest absolute Gasteiger partial charge is 0.322 e. The van der Waals surface area contributed by atoms with Gasteiger partial charge in [0.15, 0.2) is 0 Å². The molecule has 3 aromatic carbocycles. The van der Waals surface area contributed by atoms with E-state index in [0.29, 0.717) is 22.0 Å². The third kappa shape index (κ3) is 5.19. The summed E-state index contributed by atoms with van der Waals surface area (Å²) < 4.78 is 0. The van der Waals surface area contributed by atoms with Crippen LogP contribution in [-0.2, 0) is 4.79 Å². The van der Waals surface area contributed by atoms with Crippen molar-refractivity contribution in [2.45, 2.75) is 19.3 Å². The first-order valence-corrected chi connectivity index (χ1v) is 10.5. The highest BCUT2D eigenvalue weighted by Crippen LogP contribution is 2.47. The van der Waals surface area contributed by atoms with Crippen LogP contribution in [-0.4, -0.2) is 17.5 Å². The zero-order chi connectivity index (χ0) is 21.8. The lowest BCUT2D eigenvalue weighted by Crippen LogP contribution is -2.21. The van der Waals surface area contributed by atoms with E-state index in [2.05, 4.69) is 28.0 Å². The van der Waals surface area contributed by atoms with E-state index >= 15 is 0 Å². The monoisotopic (exact) mass is 431 g/mol.